The van der Waals surface area contributed by atoms with E-state index in [1.165, 1.54) is 18.2 Å². The van der Waals surface area contributed by atoms with Gasteiger partial charge in [-0.3, -0.25) is 4.79 Å². The van der Waals surface area contributed by atoms with E-state index < -0.39 is 22.7 Å². The molecule has 100 valence electrons. The maximum atomic E-state index is 12.6. The van der Waals surface area contributed by atoms with Crippen LogP contribution in [-0.2, 0) is 6.18 Å². The van der Waals surface area contributed by atoms with Crippen LogP contribution < -0.4 is 5.32 Å². The van der Waals surface area contributed by atoms with Gasteiger partial charge in [0.05, 0.1) is 5.51 Å². The van der Waals surface area contributed by atoms with E-state index in [4.69, 9.17) is 11.6 Å². The van der Waals surface area contributed by atoms with Gasteiger partial charge < -0.3 is 5.32 Å². The summed E-state index contributed by atoms with van der Waals surface area (Å²) >= 11 is 6.21. The smallest absolute Gasteiger partial charge is 0.306 e. The fourth-order valence-electron chi connectivity index (χ4n) is 1.26. The minimum absolute atomic E-state index is 0.0685. The van der Waals surface area contributed by atoms with Gasteiger partial charge in [-0.2, -0.15) is 13.2 Å². The zero-order valence-electron chi connectivity index (χ0n) is 9.03. The summed E-state index contributed by atoms with van der Waals surface area (Å²) in [4.78, 5) is 18.1. The van der Waals surface area contributed by atoms with Gasteiger partial charge in [-0.25, -0.2) is 9.97 Å². The Kier molecular flexibility index (Phi) is 3.72. The zero-order chi connectivity index (χ0) is 14.0. The van der Waals surface area contributed by atoms with Gasteiger partial charge in [0.25, 0.3) is 5.91 Å². The Bertz CT molecular complexity index is 614. The molecule has 4 nitrogen and oxygen atoms in total. The largest absolute Gasteiger partial charge is 0.434 e. The minimum atomic E-state index is -4.67. The maximum absolute atomic E-state index is 12.6. The zero-order valence-corrected chi connectivity index (χ0v) is 10.6. The lowest BCUT2D eigenvalue weighted by molar-refractivity contribution is -0.141. The number of rotatable bonds is 2. The molecule has 0 saturated heterocycles. The van der Waals surface area contributed by atoms with Gasteiger partial charge in [0, 0.05) is 0 Å². The number of hydrogen-bond donors (Lipinski definition) is 1. The van der Waals surface area contributed by atoms with Crippen LogP contribution in [0.3, 0.4) is 0 Å². The van der Waals surface area contributed by atoms with Crippen LogP contribution in [-0.4, -0.2) is 15.9 Å². The summed E-state index contributed by atoms with van der Waals surface area (Å²) in [5.74, 6) is -0.858. The second kappa shape index (κ2) is 5.14. The van der Waals surface area contributed by atoms with Crippen LogP contribution in [0.25, 0.3) is 0 Å². The van der Waals surface area contributed by atoms with E-state index in [1.807, 2.05) is 0 Å². The molecule has 0 radical (unpaired) electrons. The first-order chi connectivity index (χ1) is 8.88. The molecule has 0 aliphatic heterocycles. The first-order valence-corrected chi connectivity index (χ1v) is 6.08. The van der Waals surface area contributed by atoms with Gasteiger partial charge in [0.1, 0.15) is 15.8 Å². The lowest BCUT2D eigenvalue weighted by atomic mass is 10.3. The summed E-state index contributed by atoms with van der Waals surface area (Å²) in [6, 6.07) is 4.41. The van der Waals surface area contributed by atoms with Crippen molar-refractivity contribution in [1.29, 1.82) is 0 Å². The molecule has 0 bridgehead atoms. The third-order valence-corrected chi connectivity index (χ3v) is 3.03. The normalized spacial score (nSPS) is 11.4. The molecule has 19 heavy (non-hydrogen) atoms. The first-order valence-electron chi connectivity index (χ1n) is 4.82. The Morgan fingerprint density at radius 1 is 1.37 bits per heavy atom. The number of halogens is 4. The molecule has 0 aromatic carbocycles. The van der Waals surface area contributed by atoms with Gasteiger partial charge >= 0.3 is 6.18 Å². The highest BCUT2D eigenvalue weighted by Crippen LogP contribution is 2.32. The van der Waals surface area contributed by atoms with Crippen LogP contribution in [0.15, 0.2) is 23.7 Å². The number of nitrogens with zero attached hydrogens (tertiary/aromatic N) is 2. The monoisotopic (exact) mass is 307 g/mol. The summed E-state index contributed by atoms with van der Waals surface area (Å²) < 4.78 is 37.7. The molecule has 0 aliphatic rings. The van der Waals surface area contributed by atoms with Gasteiger partial charge in [0.2, 0.25) is 0 Å². The molecule has 1 amide bonds. The third kappa shape index (κ3) is 3.21. The maximum Gasteiger partial charge on any atom is 0.434 e. The SMILES string of the molecule is O=C(Nc1cccc(Cl)n1)c1scnc1C(F)(F)F. The highest BCUT2D eigenvalue weighted by atomic mass is 35.5. The lowest BCUT2D eigenvalue weighted by Gasteiger charge is -2.06. The number of anilines is 1. The second-order valence-corrected chi connectivity index (χ2v) is 4.57. The number of nitrogens with one attached hydrogen (secondary N) is 1. The molecule has 0 atom stereocenters. The molecule has 2 aromatic rings. The quantitative estimate of drug-likeness (QED) is 0.864. The number of aromatic nitrogens is 2. The highest BCUT2D eigenvalue weighted by Gasteiger charge is 2.38. The molecular formula is C10H5ClF3N3OS. The number of alkyl halides is 3. The Labute approximate surface area is 114 Å². The van der Waals surface area contributed by atoms with E-state index in [2.05, 4.69) is 15.3 Å². The second-order valence-electron chi connectivity index (χ2n) is 3.33. The predicted octanol–water partition coefficient (Wildman–Crippen LogP) is 3.46. The Hall–Kier alpha value is -1.67. The van der Waals surface area contributed by atoms with Crippen molar-refractivity contribution < 1.29 is 18.0 Å². The minimum Gasteiger partial charge on any atom is -0.306 e. The molecule has 0 spiro atoms. The van der Waals surface area contributed by atoms with Crippen LogP contribution in [0.5, 0.6) is 0 Å². The van der Waals surface area contributed by atoms with E-state index in [-0.39, 0.29) is 11.0 Å². The summed E-state index contributed by atoms with van der Waals surface area (Å²) in [6.45, 7) is 0. The van der Waals surface area contributed by atoms with Crippen molar-refractivity contribution in [1.82, 2.24) is 9.97 Å². The Morgan fingerprint density at radius 2 is 2.11 bits per heavy atom. The predicted molar refractivity (Wildman–Crippen MR) is 64.3 cm³/mol. The van der Waals surface area contributed by atoms with Gasteiger partial charge in [-0.05, 0) is 12.1 Å². The number of carbonyl (C=O) groups excluding carboxylic acids is 1. The molecular weight excluding hydrogens is 303 g/mol. The molecule has 9 heteroatoms. The standard InChI is InChI=1S/C10H5ClF3N3OS/c11-5-2-1-3-6(16-5)17-9(18)7-8(10(12,13)14)15-4-19-7/h1-4H,(H,16,17,18). The van der Waals surface area contributed by atoms with Crippen molar-refractivity contribution in [3.05, 3.63) is 39.4 Å². The van der Waals surface area contributed by atoms with Crippen LogP contribution in [0.4, 0.5) is 19.0 Å². The molecule has 1 N–H and O–H groups in total. The van der Waals surface area contributed by atoms with Crippen LogP contribution in [0, 0.1) is 0 Å². The lowest BCUT2D eigenvalue weighted by Crippen LogP contribution is -2.17. The number of carbonyl (C=O) groups is 1. The first kappa shape index (κ1) is 13.8. The molecule has 0 aliphatic carbocycles. The van der Waals surface area contributed by atoms with Crippen LogP contribution in [0.1, 0.15) is 15.4 Å². The number of amides is 1. The Morgan fingerprint density at radius 3 is 2.74 bits per heavy atom. The van der Waals surface area contributed by atoms with Crippen molar-refractivity contribution in [3.8, 4) is 0 Å². The highest BCUT2D eigenvalue weighted by molar-refractivity contribution is 7.12. The van der Waals surface area contributed by atoms with Gasteiger partial charge in [0.15, 0.2) is 5.69 Å². The van der Waals surface area contributed by atoms with Gasteiger partial charge in [-0.1, -0.05) is 17.7 Å². The van der Waals surface area contributed by atoms with E-state index in [0.717, 1.165) is 5.51 Å². The number of thiazole rings is 1. The third-order valence-electron chi connectivity index (χ3n) is 2.00. The van der Waals surface area contributed by atoms with Gasteiger partial charge in [-0.15, -0.1) is 11.3 Å². The summed E-state index contributed by atoms with van der Waals surface area (Å²) in [5, 5.41) is 2.36. The van der Waals surface area contributed by atoms with Crippen molar-refractivity contribution in [2.45, 2.75) is 6.18 Å². The summed E-state index contributed by atoms with van der Waals surface area (Å²) in [6.07, 6.45) is -4.67. The average Bonchev–Trinajstić information content (AvgIpc) is 2.77. The van der Waals surface area contributed by atoms with Crippen LogP contribution in [0.2, 0.25) is 5.15 Å². The van der Waals surface area contributed by atoms with E-state index in [1.54, 1.807) is 0 Å². The van der Waals surface area contributed by atoms with Crippen molar-refractivity contribution >= 4 is 34.7 Å². The number of pyridine rings is 1. The topological polar surface area (TPSA) is 54.9 Å². The van der Waals surface area contributed by atoms with Crippen LogP contribution >= 0.6 is 22.9 Å². The van der Waals surface area contributed by atoms with E-state index in [9.17, 15) is 18.0 Å². The average molecular weight is 308 g/mol. The van der Waals surface area contributed by atoms with Crippen molar-refractivity contribution in [3.63, 3.8) is 0 Å². The molecule has 0 saturated carbocycles. The fraction of sp³-hybridized carbons (Fsp3) is 0.100. The molecule has 2 rings (SSSR count). The van der Waals surface area contributed by atoms with E-state index >= 15 is 0 Å². The van der Waals surface area contributed by atoms with Crippen molar-refractivity contribution in [2.24, 2.45) is 0 Å². The molecule has 2 heterocycles. The number of hydrogen-bond acceptors (Lipinski definition) is 4. The summed E-state index contributed by atoms with van der Waals surface area (Å²) in [7, 11) is 0. The van der Waals surface area contributed by atoms with E-state index in [0.29, 0.717) is 11.3 Å². The molecule has 0 unspecified atom stereocenters. The Balaban J connectivity index is 2.24. The van der Waals surface area contributed by atoms with Crippen molar-refractivity contribution in [2.75, 3.05) is 5.32 Å². The molecule has 2 aromatic heterocycles. The molecule has 0 fully saturated rings. The fourth-order valence-corrected chi connectivity index (χ4v) is 2.13. The summed E-state index contributed by atoms with van der Waals surface area (Å²) in [5.41, 5.74) is -0.250.